The number of fused-ring (bicyclic) bond motifs is 1. The summed E-state index contributed by atoms with van der Waals surface area (Å²) in [6.07, 6.45) is 4.64. The van der Waals surface area contributed by atoms with E-state index in [2.05, 4.69) is 20.5 Å². The number of nitrogens with zero attached hydrogens (tertiary/aromatic N) is 2. The Bertz CT molecular complexity index is 1230. The largest absolute Gasteiger partial charge is 0.492 e. The van der Waals surface area contributed by atoms with E-state index in [-0.39, 0.29) is 23.8 Å². The van der Waals surface area contributed by atoms with Crippen molar-refractivity contribution < 1.29 is 14.3 Å². The summed E-state index contributed by atoms with van der Waals surface area (Å²) in [6.45, 7) is 3.04. The van der Waals surface area contributed by atoms with E-state index in [1.807, 2.05) is 60.7 Å². The second kappa shape index (κ2) is 11.8. The lowest BCUT2D eigenvalue weighted by atomic mass is 9.94. The molecule has 3 aromatic rings. The van der Waals surface area contributed by atoms with Gasteiger partial charge in [0.05, 0.1) is 11.7 Å². The highest BCUT2D eigenvalue weighted by atomic mass is 35.5. The fraction of sp³-hybridized carbons (Fsp3) is 0.345. The van der Waals surface area contributed by atoms with Crippen molar-refractivity contribution >= 4 is 29.1 Å². The lowest BCUT2D eigenvalue weighted by Gasteiger charge is -2.32. The standard InChI is InChI=1S/C29H31ClN4O3/c30-23-8-4-21(5-9-23)28(25-3-1-2-14-31-25)33-29(36)22-12-15-34(16-13-22)17-18-37-24-10-6-20-7-11-27(35)32-26(20)19-24/h1-6,8-10,14,19,22,28H,7,11-13,15-18H2,(H,32,35)(H,33,36). The highest BCUT2D eigenvalue weighted by Crippen LogP contribution is 2.28. The zero-order chi connectivity index (χ0) is 25.6. The van der Waals surface area contributed by atoms with Crippen LogP contribution in [0.4, 0.5) is 5.69 Å². The van der Waals surface area contributed by atoms with Crippen molar-refractivity contribution in [1.29, 1.82) is 0 Å². The minimum absolute atomic E-state index is 0.0417. The second-order valence-electron chi connectivity index (χ2n) is 9.58. The third-order valence-electron chi connectivity index (χ3n) is 7.08. The predicted molar refractivity (Wildman–Crippen MR) is 144 cm³/mol. The molecule has 37 heavy (non-hydrogen) atoms. The first kappa shape index (κ1) is 25.2. The van der Waals surface area contributed by atoms with Gasteiger partial charge in [-0.25, -0.2) is 0 Å². The smallest absolute Gasteiger partial charge is 0.224 e. The minimum Gasteiger partial charge on any atom is -0.492 e. The first-order valence-electron chi connectivity index (χ1n) is 12.8. The van der Waals surface area contributed by atoms with E-state index in [0.717, 1.165) is 67.2 Å². The van der Waals surface area contributed by atoms with Crippen LogP contribution in [-0.4, -0.2) is 47.9 Å². The van der Waals surface area contributed by atoms with Crippen LogP contribution in [0.25, 0.3) is 0 Å². The number of likely N-dealkylation sites (tertiary alicyclic amines) is 1. The molecule has 1 aromatic heterocycles. The highest BCUT2D eigenvalue weighted by Gasteiger charge is 2.28. The van der Waals surface area contributed by atoms with Crippen LogP contribution >= 0.6 is 11.6 Å². The third kappa shape index (κ3) is 6.48. The molecular formula is C29H31ClN4O3. The Morgan fingerprint density at radius 3 is 2.68 bits per heavy atom. The van der Waals surface area contributed by atoms with Gasteiger partial charge in [-0.3, -0.25) is 19.5 Å². The molecule has 2 aromatic carbocycles. The van der Waals surface area contributed by atoms with E-state index in [0.29, 0.717) is 18.1 Å². The molecule has 2 aliphatic heterocycles. The predicted octanol–water partition coefficient (Wildman–Crippen LogP) is 4.62. The maximum atomic E-state index is 13.2. The monoisotopic (exact) mass is 518 g/mol. The highest BCUT2D eigenvalue weighted by molar-refractivity contribution is 6.30. The van der Waals surface area contributed by atoms with Gasteiger partial charge >= 0.3 is 0 Å². The number of anilines is 1. The summed E-state index contributed by atoms with van der Waals surface area (Å²) in [4.78, 5) is 31.7. The number of hydrogen-bond donors (Lipinski definition) is 2. The van der Waals surface area contributed by atoms with Gasteiger partial charge in [0.2, 0.25) is 11.8 Å². The topological polar surface area (TPSA) is 83.6 Å². The van der Waals surface area contributed by atoms with Gasteiger partial charge in [0.1, 0.15) is 12.4 Å². The number of carbonyl (C=O) groups is 2. The molecule has 0 bridgehead atoms. The van der Waals surface area contributed by atoms with E-state index >= 15 is 0 Å². The number of pyridine rings is 1. The van der Waals surface area contributed by atoms with Crippen LogP contribution in [-0.2, 0) is 16.0 Å². The van der Waals surface area contributed by atoms with E-state index in [1.165, 1.54) is 0 Å². The number of ether oxygens (including phenoxy) is 1. The Kier molecular flexibility index (Phi) is 8.02. The number of aryl methyl sites for hydroxylation is 1. The average Bonchev–Trinajstić information content (AvgIpc) is 2.93. The molecule has 0 saturated carbocycles. The number of amides is 2. The van der Waals surface area contributed by atoms with Crippen molar-refractivity contribution in [2.75, 3.05) is 31.6 Å². The summed E-state index contributed by atoms with van der Waals surface area (Å²) in [5.74, 6) is 0.826. The van der Waals surface area contributed by atoms with E-state index in [4.69, 9.17) is 16.3 Å². The number of benzene rings is 2. The fourth-order valence-electron chi connectivity index (χ4n) is 4.94. The summed E-state index contributed by atoms with van der Waals surface area (Å²) in [6, 6.07) is 18.8. The summed E-state index contributed by atoms with van der Waals surface area (Å²) < 4.78 is 5.95. The fourth-order valence-corrected chi connectivity index (χ4v) is 5.07. The van der Waals surface area contributed by atoms with Gasteiger partial charge in [0.15, 0.2) is 0 Å². The van der Waals surface area contributed by atoms with Crippen LogP contribution in [0.1, 0.15) is 42.1 Å². The van der Waals surface area contributed by atoms with Gasteiger partial charge in [-0.2, -0.15) is 0 Å². The molecule has 2 amide bonds. The lowest BCUT2D eigenvalue weighted by Crippen LogP contribution is -2.42. The molecule has 192 valence electrons. The summed E-state index contributed by atoms with van der Waals surface area (Å²) in [7, 11) is 0. The zero-order valence-electron chi connectivity index (χ0n) is 20.7. The number of hydrogen-bond acceptors (Lipinski definition) is 5. The Morgan fingerprint density at radius 1 is 1.11 bits per heavy atom. The van der Waals surface area contributed by atoms with Crippen LogP contribution in [0, 0.1) is 5.92 Å². The Morgan fingerprint density at radius 2 is 1.92 bits per heavy atom. The second-order valence-corrected chi connectivity index (χ2v) is 10.0. The van der Waals surface area contributed by atoms with E-state index in [9.17, 15) is 9.59 Å². The van der Waals surface area contributed by atoms with Crippen molar-refractivity contribution in [2.45, 2.75) is 31.7 Å². The quantitative estimate of drug-likeness (QED) is 0.455. The maximum absolute atomic E-state index is 13.2. The van der Waals surface area contributed by atoms with Gasteiger partial charge in [0.25, 0.3) is 0 Å². The van der Waals surface area contributed by atoms with Crippen LogP contribution in [0.15, 0.2) is 66.9 Å². The first-order chi connectivity index (χ1) is 18.0. The number of nitrogens with one attached hydrogen (secondary N) is 2. The molecule has 0 aliphatic carbocycles. The molecule has 3 heterocycles. The molecule has 2 aliphatic rings. The SMILES string of the molecule is O=C1CCc2ccc(OCCN3CCC(C(=O)NC(c4ccc(Cl)cc4)c4ccccn4)CC3)cc2N1. The van der Waals surface area contributed by atoms with E-state index < -0.39 is 0 Å². The first-order valence-corrected chi connectivity index (χ1v) is 13.2. The van der Waals surface area contributed by atoms with Gasteiger partial charge < -0.3 is 15.4 Å². The van der Waals surface area contributed by atoms with Crippen LogP contribution < -0.4 is 15.4 Å². The van der Waals surface area contributed by atoms with Crippen molar-refractivity contribution in [2.24, 2.45) is 5.92 Å². The molecule has 1 fully saturated rings. The molecule has 5 rings (SSSR count). The molecule has 0 radical (unpaired) electrons. The van der Waals surface area contributed by atoms with Crippen LogP contribution in [0.2, 0.25) is 5.02 Å². The van der Waals surface area contributed by atoms with Gasteiger partial charge in [-0.1, -0.05) is 35.9 Å². The minimum atomic E-state index is -0.321. The molecule has 2 N–H and O–H groups in total. The van der Waals surface area contributed by atoms with Gasteiger partial charge in [0, 0.05) is 41.9 Å². The summed E-state index contributed by atoms with van der Waals surface area (Å²) >= 11 is 6.08. The Balaban J connectivity index is 1.11. The number of aromatic nitrogens is 1. The van der Waals surface area contributed by atoms with Gasteiger partial charge in [-0.15, -0.1) is 0 Å². The molecule has 1 saturated heterocycles. The molecule has 1 unspecified atom stereocenters. The normalized spacial score (nSPS) is 16.9. The van der Waals surface area contributed by atoms with Crippen molar-refractivity contribution in [1.82, 2.24) is 15.2 Å². The zero-order valence-corrected chi connectivity index (χ0v) is 21.4. The van der Waals surface area contributed by atoms with Crippen LogP contribution in [0.5, 0.6) is 5.75 Å². The third-order valence-corrected chi connectivity index (χ3v) is 7.34. The summed E-state index contributed by atoms with van der Waals surface area (Å²) in [5, 5.41) is 6.80. The van der Waals surface area contributed by atoms with Crippen molar-refractivity contribution in [3.63, 3.8) is 0 Å². The Hall–Kier alpha value is -3.42. The maximum Gasteiger partial charge on any atom is 0.224 e. The molecular weight excluding hydrogens is 488 g/mol. The van der Waals surface area contributed by atoms with E-state index in [1.54, 1.807) is 6.20 Å². The molecule has 1 atom stereocenters. The summed E-state index contributed by atoms with van der Waals surface area (Å²) in [5.41, 5.74) is 3.75. The van der Waals surface area contributed by atoms with Crippen molar-refractivity contribution in [3.05, 3.63) is 88.7 Å². The van der Waals surface area contributed by atoms with Crippen molar-refractivity contribution in [3.8, 4) is 5.75 Å². The average molecular weight is 519 g/mol. The number of rotatable bonds is 8. The number of halogens is 1. The van der Waals surface area contributed by atoms with Crippen LogP contribution in [0.3, 0.4) is 0 Å². The number of piperidine rings is 1. The molecule has 0 spiro atoms. The molecule has 8 heteroatoms. The lowest BCUT2D eigenvalue weighted by molar-refractivity contribution is -0.127. The molecule has 7 nitrogen and oxygen atoms in total. The van der Waals surface area contributed by atoms with Gasteiger partial charge in [-0.05, 0) is 73.8 Å². The number of carbonyl (C=O) groups excluding carboxylic acids is 2. The Labute approximate surface area is 222 Å².